The van der Waals surface area contributed by atoms with Crippen molar-refractivity contribution in [3.05, 3.63) is 35.9 Å². The van der Waals surface area contributed by atoms with Crippen LogP contribution in [0.15, 0.2) is 30.3 Å². The maximum absolute atomic E-state index is 12.1. The minimum Gasteiger partial charge on any atom is -0.389 e. The lowest BCUT2D eigenvalue weighted by molar-refractivity contribution is 0.0531. The van der Waals surface area contributed by atoms with Gasteiger partial charge in [-0.25, -0.2) is 4.79 Å². The molecule has 0 saturated carbocycles. The predicted octanol–water partition coefficient (Wildman–Crippen LogP) is 2.84. The first-order chi connectivity index (χ1) is 9.70. The highest BCUT2D eigenvalue weighted by molar-refractivity contribution is 5.74. The predicted molar refractivity (Wildman–Crippen MR) is 86.3 cm³/mol. The number of likely N-dealkylation sites (N-methyl/N-ethyl adjacent to an activating group) is 1. The minimum absolute atomic E-state index is 0.154. The first kappa shape index (κ1) is 17.5. The Bertz CT molecular complexity index is 438. The molecular weight excluding hydrogens is 264 g/mol. The average molecular weight is 292 g/mol. The van der Waals surface area contributed by atoms with E-state index in [1.807, 2.05) is 18.2 Å². The molecule has 0 saturated heterocycles. The van der Waals surface area contributed by atoms with Crippen molar-refractivity contribution in [1.82, 2.24) is 10.2 Å². The molecule has 0 spiro atoms. The zero-order chi connectivity index (χ0) is 16.0. The molecule has 1 rings (SSSR count). The Labute approximate surface area is 128 Å². The Kier molecular flexibility index (Phi) is 6.21. The van der Waals surface area contributed by atoms with Crippen molar-refractivity contribution >= 4 is 6.03 Å². The van der Waals surface area contributed by atoms with Crippen LogP contribution in [0.25, 0.3) is 0 Å². The van der Waals surface area contributed by atoms with Gasteiger partial charge in [0.2, 0.25) is 0 Å². The third-order valence-electron chi connectivity index (χ3n) is 3.48. The summed E-state index contributed by atoms with van der Waals surface area (Å²) in [5, 5.41) is 12.7. The summed E-state index contributed by atoms with van der Waals surface area (Å²) >= 11 is 0. The Morgan fingerprint density at radius 1 is 1.29 bits per heavy atom. The summed E-state index contributed by atoms with van der Waals surface area (Å²) in [7, 11) is 1.69. The van der Waals surface area contributed by atoms with Crippen molar-refractivity contribution in [2.45, 2.75) is 39.2 Å². The molecule has 0 radical (unpaired) electrons. The van der Waals surface area contributed by atoms with Crippen molar-refractivity contribution in [1.29, 1.82) is 0 Å². The number of nitrogens with zero attached hydrogens (tertiary/aromatic N) is 1. The van der Waals surface area contributed by atoms with Gasteiger partial charge >= 0.3 is 6.03 Å². The van der Waals surface area contributed by atoms with E-state index < -0.39 is 5.60 Å². The van der Waals surface area contributed by atoms with Crippen LogP contribution in [0.5, 0.6) is 0 Å². The van der Waals surface area contributed by atoms with Gasteiger partial charge in [0, 0.05) is 19.5 Å². The number of urea groups is 1. The van der Waals surface area contributed by atoms with Gasteiger partial charge in [0.1, 0.15) is 0 Å². The van der Waals surface area contributed by atoms with Gasteiger partial charge in [-0.3, -0.25) is 0 Å². The second-order valence-electron chi connectivity index (χ2n) is 6.62. The van der Waals surface area contributed by atoms with Crippen LogP contribution >= 0.6 is 0 Å². The third-order valence-corrected chi connectivity index (χ3v) is 3.48. The van der Waals surface area contributed by atoms with Crippen molar-refractivity contribution in [2.75, 3.05) is 20.1 Å². The SMILES string of the molecule is CC(C)C(CNC(=O)N(C)CC(C)(C)O)c1ccccc1. The van der Waals surface area contributed by atoms with Crippen LogP contribution in [0, 0.1) is 5.92 Å². The van der Waals surface area contributed by atoms with Crippen LogP contribution in [0.4, 0.5) is 4.79 Å². The normalized spacial score (nSPS) is 13.1. The number of carbonyl (C=O) groups excluding carboxylic acids is 1. The summed E-state index contributed by atoms with van der Waals surface area (Å²) < 4.78 is 0. The number of nitrogens with one attached hydrogen (secondary N) is 1. The van der Waals surface area contributed by atoms with E-state index in [1.54, 1.807) is 20.9 Å². The molecule has 1 aromatic rings. The van der Waals surface area contributed by atoms with E-state index in [4.69, 9.17) is 0 Å². The molecule has 0 aliphatic heterocycles. The quantitative estimate of drug-likeness (QED) is 0.847. The molecule has 4 nitrogen and oxygen atoms in total. The van der Waals surface area contributed by atoms with E-state index in [1.165, 1.54) is 10.5 Å². The molecule has 0 aliphatic carbocycles. The van der Waals surface area contributed by atoms with Gasteiger partial charge in [-0.1, -0.05) is 44.2 Å². The number of carbonyl (C=O) groups is 1. The molecule has 0 fully saturated rings. The number of amides is 2. The van der Waals surface area contributed by atoms with Gasteiger partial charge in [0.25, 0.3) is 0 Å². The van der Waals surface area contributed by atoms with Gasteiger partial charge in [0.15, 0.2) is 0 Å². The number of benzene rings is 1. The maximum atomic E-state index is 12.1. The second kappa shape index (κ2) is 7.46. The van der Waals surface area contributed by atoms with Crippen molar-refractivity contribution in [3.63, 3.8) is 0 Å². The molecule has 1 aromatic carbocycles. The molecule has 21 heavy (non-hydrogen) atoms. The first-order valence-corrected chi connectivity index (χ1v) is 7.47. The summed E-state index contributed by atoms with van der Waals surface area (Å²) in [6.45, 7) is 8.59. The first-order valence-electron chi connectivity index (χ1n) is 7.47. The van der Waals surface area contributed by atoms with Crippen molar-refractivity contribution < 1.29 is 9.90 Å². The number of hydrogen-bond acceptors (Lipinski definition) is 2. The fourth-order valence-corrected chi connectivity index (χ4v) is 2.42. The molecule has 0 bridgehead atoms. The van der Waals surface area contributed by atoms with Crippen LogP contribution in [0.1, 0.15) is 39.2 Å². The highest BCUT2D eigenvalue weighted by atomic mass is 16.3. The van der Waals surface area contributed by atoms with E-state index in [0.29, 0.717) is 19.0 Å². The van der Waals surface area contributed by atoms with E-state index >= 15 is 0 Å². The molecule has 118 valence electrons. The van der Waals surface area contributed by atoms with Crippen LogP contribution < -0.4 is 5.32 Å². The van der Waals surface area contributed by atoms with E-state index in [9.17, 15) is 9.90 Å². The molecule has 2 amide bonds. The zero-order valence-corrected chi connectivity index (χ0v) is 13.8. The molecule has 0 heterocycles. The topological polar surface area (TPSA) is 52.6 Å². The van der Waals surface area contributed by atoms with Gasteiger partial charge < -0.3 is 15.3 Å². The number of aliphatic hydroxyl groups is 1. The summed E-state index contributed by atoms with van der Waals surface area (Å²) in [4.78, 5) is 13.6. The fourth-order valence-electron chi connectivity index (χ4n) is 2.42. The lowest BCUT2D eigenvalue weighted by Crippen LogP contribution is -2.45. The van der Waals surface area contributed by atoms with Crippen LogP contribution in [-0.2, 0) is 0 Å². The summed E-state index contributed by atoms with van der Waals surface area (Å²) in [6, 6.07) is 10.1. The Morgan fingerprint density at radius 2 is 1.86 bits per heavy atom. The van der Waals surface area contributed by atoms with E-state index in [0.717, 1.165) is 0 Å². The molecule has 4 heteroatoms. The largest absolute Gasteiger partial charge is 0.389 e. The van der Waals surface area contributed by atoms with E-state index in [2.05, 4.69) is 31.3 Å². The molecule has 0 aromatic heterocycles. The smallest absolute Gasteiger partial charge is 0.317 e. The zero-order valence-electron chi connectivity index (χ0n) is 13.8. The van der Waals surface area contributed by atoms with Crippen molar-refractivity contribution in [2.24, 2.45) is 5.92 Å². The van der Waals surface area contributed by atoms with Gasteiger partial charge in [-0.15, -0.1) is 0 Å². The minimum atomic E-state index is -0.886. The Balaban J connectivity index is 2.60. The molecule has 1 atom stereocenters. The molecule has 0 aliphatic rings. The van der Waals surface area contributed by atoms with Crippen LogP contribution in [0.2, 0.25) is 0 Å². The molecule has 2 N–H and O–H groups in total. The maximum Gasteiger partial charge on any atom is 0.317 e. The van der Waals surface area contributed by atoms with Gasteiger partial charge in [-0.2, -0.15) is 0 Å². The molecular formula is C17H28N2O2. The van der Waals surface area contributed by atoms with Gasteiger partial charge in [0.05, 0.1) is 12.1 Å². The summed E-state index contributed by atoms with van der Waals surface area (Å²) in [5.41, 5.74) is 0.348. The third kappa shape index (κ3) is 6.17. The van der Waals surface area contributed by atoms with Gasteiger partial charge in [-0.05, 0) is 25.3 Å². The Morgan fingerprint density at radius 3 is 2.33 bits per heavy atom. The number of hydrogen-bond donors (Lipinski definition) is 2. The van der Waals surface area contributed by atoms with E-state index in [-0.39, 0.29) is 11.9 Å². The number of rotatable bonds is 6. The summed E-state index contributed by atoms with van der Waals surface area (Å²) in [5.74, 6) is 0.720. The lowest BCUT2D eigenvalue weighted by Gasteiger charge is -2.27. The lowest BCUT2D eigenvalue weighted by atomic mass is 9.88. The fraction of sp³-hybridized carbons (Fsp3) is 0.588. The van der Waals surface area contributed by atoms with Crippen LogP contribution in [0.3, 0.4) is 0 Å². The molecule has 1 unspecified atom stereocenters. The Hall–Kier alpha value is -1.55. The highest BCUT2D eigenvalue weighted by Gasteiger charge is 2.21. The average Bonchev–Trinajstić information content (AvgIpc) is 2.37. The monoisotopic (exact) mass is 292 g/mol. The van der Waals surface area contributed by atoms with Crippen molar-refractivity contribution in [3.8, 4) is 0 Å². The second-order valence-corrected chi connectivity index (χ2v) is 6.62. The highest BCUT2D eigenvalue weighted by Crippen LogP contribution is 2.23. The summed E-state index contributed by atoms with van der Waals surface area (Å²) in [6.07, 6.45) is 0. The standard InChI is InChI=1S/C17H28N2O2/c1-13(2)15(14-9-7-6-8-10-14)11-18-16(20)19(5)12-17(3,4)21/h6-10,13,15,21H,11-12H2,1-5H3,(H,18,20). The van der Waals surface area contributed by atoms with Crippen LogP contribution in [-0.4, -0.2) is 41.8 Å².